The number of aromatic nitrogens is 1. The summed E-state index contributed by atoms with van der Waals surface area (Å²) >= 11 is 0.717. The lowest BCUT2D eigenvalue weighted by Crippen LogP contribution is -2.36. The van der Waals surface area contributed by atoms with E-state index in [-0.39, 0.29) is 28.0 Å². The zero-order chi connectivity index (χ0) is 27.4. The fourth-order valence-electron chi connectivity index (χ4n) is 3.64. The summed E-state index contributed by atoms with van der Waals surface area (Å²) in [5.74, 6) is -0.899. The molecule has 38 heavy (non-hydrogen) atoms. The largest absolute Gasteiger partial charge is 0.493 e. The third kappa shape index (κ3) is 5.81. The van der Waals surface area contributed by atoms with Crippen molar-refractivity contribution in [1.29, 1.82) is 0 Å². The van der Waals surface area contributed by atoms with E-state index in [1.807, 2.05) is 26.0 Å². The summed E-state index contributed by atoms with van der Waals surface area (Å²) in [6.45, 7) is 3.37. The van der Waals surface area contributed by atoms with Crippen LogP contribution < -0.4 is 14.8 Å². The van der Waals surface area contributed by atoms with E-state index >= 15 is 0 Å². The molecule has 1 aliphatic rings. The maximum Gasteiger partial charge on any atom is 0.331 e. The van der Waals surface area contributed by atoms with Gasteiger partial charge in [0.05, 0.1) is 16.9 Å². The monoisotopic (exact) mass is 534 g/mol. The number of hydrogen-bond acceptors (Lipinski definition) is 9. The Morgan fingerprint density at radius 3 is 2.66 bits per heavy atom. The number of nitrogens with one attached hydrogen (secondary N) is 1. The summed E-state index contributed by atoms with van der Waals surface area (Å²) in [4.78, 5) is 53.5. The molecule has 4 rings (SSSR count). The quantitative estimate of drug-likeness (QED) is 0.238. The number of imide groups is 1. The van der Waals surface area contributed by atoms with E-state index in [0.717, 1.165) is 16.0 Å². The normalized spacial score (nSPS) is 14.1. The Hall–Kier alpha value is -4.71. The number of methoxy groups -OCH3 is 1. The molecule has 0 atom stereocenters. The molecule has 0 spiro atoms. The van der Waals surface area contributed by atoms with Crippen LogP contribution in [0.2, 0.25) is 0 Å². The Kier molecular flexibility index (Phi) is 7.72. The smallest absolute Gasteiger partial charge is 0.331 e. The first-order valence-corrected chi connectivity index (χ1v) is 12.1. The van der Waals surface area contributed by atoms with Crippen LogP contribution in [0.3, 0.4) is 0 Å². The number of hydrogen-bond donors (Lipinski definition) is 1. The second kappa shape index (κ2) is 11.1. The summed E-state index contributed by atoms with van der Waals surface area (Å²) in [7, 11) is 1.39. The highest BCUT2D eigenvalue weighted by Gasteiger charge is 2.36. The number of nitro groups is 1. The van der Waals surface area contributed by atoms with E-state index in [0.29, 0.717) is 23.0 Å². The first-order chi connectivity index (χ1) is 18.2. The van der Waals surface area contributed by atoms with Gasteiger partial charge in [-0.3, -0.25) is 29.4 Å². The molecule has 0 unspecified atom stereocenters. The molecule has 1 saturated heterocycles. The van der Waals surface area contributed by atoms with Crippen molar-refractivity contribution in [2.24, 2.45) is 0 Å². The zero-order valence-electron chi connectivity index (χ0n) is 20.6. The van der Waals surface area contributed by atoms with Gasteiger partial charge < -0.3 is 14.8 Å². The molecule has 1 fully saturated rings. The average Bonchev–Trinajstić information content (AvgIpc) is 3.14. The number of ether oxygens (including phenoxy) is 2. The van der Waals surface area contributed by atoms with Crippen molar-refractivity contribution in [2.45, 2.75) is 13.8 Å². The maximum absolute atomic E-state index is 12.9. The van der Waals surface area contributed by atoms with E-state index < -0.39 is 28.5 Å². The van der Waals surface area contributed by atoms with Crippen molar-refractivity contribution in [3.8, 4) is 17.4 Å². The molecule has 0 bridgehead atoms. The molecular formula is C26H22N4O7S. The zero-order valence-corrected chi connectivity index (χ0v) is 21.4. The van der Waals surface area contributed by atoms with Gasteiger partial charge in [-0.05, 0) is 67.1 Å². The van der Waals surface area contributed by atoms with E-state index in [2.05, 4.69) is 10.3 Å². The van der Waals surface area contributed by atoms with Crippen molar-refractivity contribution >= 4 is 46.3 Å². The number of benzene rings is 2. The van der Waals surface area contributed by atoms with E-state index in [9.17, 15) is 24.5 Å². The minimum absolute atomic E-state index is 0.130. The summed E-state index contributed by atoms with van der Waals surface area (Å²) in [5, 5.41) is 13.4. The van der Waals surface area contributed by atoms with Crippen LogP contribution in [0.5, 0.6) is 17.4 Å². The maximum atomic E-state index is 12.9. The number of rotatable bonds is 8. The first-order valence-electron chi connectivity index (χ1n) is 11.2. The van der Waals surface area contributed by atoms with Crippen molar-refractivity contribution in [3.63, 3.8) is 0 Å². The predicted molar refractivity (Wildman–Crippen MR) is 141 cm³/mol. The number of carbonyl (C=O) groups excluding carboxylic acids is 3. The summed E-state index contributed by atoms with van der Waals surface area (Å²) in [5.41, 5.74) is 2.72. The summed E-state index contributed by atoms with van der Waals surface area (Å²) in [6.07, 6.45) is 2.85. The van der Waals surface area contributed by atoms with Crippen molar-refractivity contribution < 1.29 is 28.8 Å². The summed E-state index contributed by atoms with van der Waals surface area (Å²) < 4.78 is 10.9. The van der Waals surface area contributed by atoms with Gasteiger partial charge in [0.15, 0.2) is 11.5 Å². The van der Waals surface area contributed by atoms with Crippen LogP contribution in [0, 0.1) is 24.0 Å². The third-order valence-electron chi connectivity index (χ3n) is 5.47. The van der Waals surface area contributed by atoms with Gasteiger partial charge in [0.2, 0.25) is 5.91 Å². The van der Waals surface area contributed by atoms with Crippen LogP contribution >= 0.6 is 11.8 Å². The third-order valence-corrected chi connectivity index (χ3v) is 6.38. The van der Waals surface area contributed by atoms with Gasteiger partial charge in [-0.15, -0.1) is 0 Å². The molecule has 0 aliphatic carbocycles. The van der Waals surface area contributed by atoms with Crippen molar-refractivity contribution in [1.82, 2.24) is 9.88 Å². The van der Waals surface area contributed by atoms with E-state index in [1.54, 1.807) is 18.2 Å². The van der Waals surface area contributed by atoms with Gasteiger partial charge in [0, 0.05) is 18.0 Å². The number of aryl methyl sites for hydroxylation is 2. The highest BCUT2D eigenvalue weighted by molar-refractivity contribution is 8.18. The lowest BCUT2D eigenvalue weighted by Gasteiger charge is -2.14. The highest BCUT2D eigenvalue weighted by atomic mass is 32.2. The topological polar surface area (TPSA) is 141 Å². The van der Waals surface area contributed by atoms with Gasteiger partial charge in [-0.1, -0.05) is 23.8 Å². The van der Waals surface area contributed by atoms with Gasteiger partial charge in [-0.25, -0.2) is 4.98 Å². The standard InChI is InChI=1S/C26H22N4O7S/c1-15-6-8-18(16(2)11-15)28-23(31)14-29-25(32)22(38-26(29)33)13-17-7-9-20(21(12-17)36-3)37-24-19(30(34)35)5-4-10-27-24/h4-13H,14H2,1-3H3,(H,28,31)/b22-13-. The Bertz CT molecular complexity index is 1490. The number of thioether (sulfide) groups is 1. The second-order valence-corrected chi connectivity index (χ2v) is 9.22. The lowest BCUT2D eigenvalue weighted by atomic mass is 10.1. The SMILES string of the molecule is COc1cc(/C=C2\SC(=O)N(CC(=O)Nc3ccc(C)cc3C)C2=O)ccc1Oc1ncccc1[N+](=O)[O-]. The van der Waals surface area contributed by atoms with Gasteiger partial charge in [-0.2, -0.15) is 0 Å². The van der Waals surface area contributed by atoms with Gasteiger partial charge in [0.1, 0.15) is 6.54 Å². The lowest BCUT2D eigenvalue weighted by molar-refractivity contribution is -0.386. The Labute approximate surface area is 221 Å². The van der Waals surface area contributed by atoms with Crippen LogP contribution in [0.4, 0.5) is 16.2 Å². The Morgan fingerprint density at radius 1 is 1.16 bits per heavy atom. The Balaban J connectivity index is 1.49. The van der Waals surface area contributed by atoms with Crippen LogP contribution in [0.25, 0.3) is 6.08 Å². The van der Waals surface area contributed by atoms with Gasteiger partial charge in [0.25, 0.3) is 17.0 Å². The fraction of sp³-hybridized carbons (Fsp3) is 0.154. The second-order valence-electron chi connectivity index (χ2n) is 8.23. The number of pyridine rings is 1. The summed E-state index contributed by atoms with van der Waals surface area (Å²) in [6, 6.07) is 12.9. The molecule has 1 aromatic heterocycles. The molecule has 2 heterocycles. The highest BCUT2D eigenvalue weighted by Crippen LogP contribution is 2.37. The molecule has 0 saturated carbocycles. The number of carbonyl (C=O) groups is 3. The van der Waals surface area contributed by atoms with Crippen LogP contribution in [0.15, 0.2) is 59.6 Å². The average molecular weight is 535 g/mol. The molecule has 12 heteroatoms. The molecule has 1 N–H and O–H groups in total. The molecular weight excluding hydrogens is 512 g/mol. The number of anilines is 1. The van der Waals surface area contributed by atoms with E-state index in [4.69, 9.17) is 9.47 Å². The molecule has 194 valence electrons. The molecule has 11 nitrogen and oxygen atoms in total. The molecule has 3 amide bonds. The number of amides is 3. The molecule has 2 aromatic carbocycles. The van der Waals surface area contributed by atoms with Crippen LogP contribution in [0.1, 0.15) is 16.7 Å². The predicted octanol–water partition coefficient (Wildman–Crippen LogP) is 5.08. The Morgan fingerprint density at radius 2 is 1.95 bits per heavy atom. The molecule has 3 aromatic rings. The van der Waals surface area contributed by atoms with Gasteiger partial charge >= 0.3 is 5.69 Å². The van der Waals surface area contributed by atoms with E-state index in [1.165, 1.54) is 37.6 Å². The van der Waals surface area contributed by atoms with Crippen molar-refractivity contribution in [2.75, 3.05) is 19.0 Å². The van der Waals surface area contributed by atoms with Crippen LogP contribution in [-0.4, -0.2) is 45.5 Å². The minimum Gasteiger partial charge on any atom is -0.493 e. The van der Waals surface area contributed by atoms with Crippen molar-refractivity contribution in [3.05, 3.63) is 86.4 Å². The molecule has 1 aliphatic heterocycles. The minimum atomic E-state index is -0.610. The van der Waals surface area contributed by atoms with Crippen LogP contribution in [-0.2, 0) is 9.59 Å². The number of nitrogens with zero attached hydrogens (tertiary/aromatic N) is 3. The first kappa shape index (κ1) is 26.4. The fourth-order valence-corrected chi connectivity index (χ4v) is 4.48. The molecule has 0 radical (unpaired) electrons.